The molecule has 0 heterocycles. The Hall–Kier alpha value is -0.410. The smallest absolute Gasteiger partial charge is 0.154 e. The summed E-state index contributed by atoms with van der Waals surface area (Å²) in [6.07, 6.45) is 0. The summed E-state index contributed by atoms with van der Waals surface area (Å²) in [6.45, 7) is 0. The Balaban J connectivity index is 3.34. The van der Waals surface area contributed by atoms with Crippen LogP contribution in [0.3, 0.4) is 0 Å². The number of rotatable bonds is 0. The first-order chi connectivity index (χ1) is 4.63. The molecule has 1 rings (SSSR count). The van der Waals surface area contributed by atoms with Crippen molar-refractivity contribution in [1.82, 2.24) is 0 Å². The van der Waals surface area contributed by atoms with Crippen LogP contribution < -0.4 is 5.73 Å². The van der Waals surface area contributed by atoms with E-state index in [4.69, 9.17) is 22.4 Å². The van der Waals surface area contributed by atoms with Crippen LogP contribution in [0, 0.1) is 0 Å². The van der Waals surface area contributed by atoms with Crippen molar-refractivity contribution in [2.75, 3.05) is 5.73 Å². The number of hydrogen-bond acceptors (Lipinski definition) is 2. The molecule has 2 nitrogen and oxygen atoms in total. The van der Waals surface area contributed by atoms with Crippen LogP contribution in [0.25, 0.3) is 0 Å². The summed E-state index contributed by atoms with van der Waals surface area (Å²) >= 11 is 8.67. The number of anilines is 1. The van der Waals surface area contributed by atoms with E-state index >= 15 is 0 Å². The van der Waals surface area contributed by atoms with Crippen LogP contribution in [-0.2, 0) is 0 Å². The lowest BCUT2D eigenvalue weighted by Crippen LogP contribution is -1.86. The van der Waals surface area contributed by atoms with Crippen molar-refractivity contribution in [2.24, 2.45) is 0 Å². The Kier molecular flexibility index (Phi) is 2.06. The highest BCUT2D eigenvalue weighted by Gasteiger charge is 2.04. The van der Waals surface area contributed by atoms with Crippen LogP contribution in [0.5, 0.6) is 5.75 Å². The summed E-state index contributed by atoms with van der Waals surface area (Å²) in [5.74, 6) is -0.00694. The molecular formula is C6H5BrClNO. The number of phenols is 1. The molecule has 0 aliphatic carbocycles. The van der Waals surface area contributed by atoms with Gasteiger partial charge in [-0.25, -0.2) is 0 Å². The molecule has 54 valence electrons. The van der Waals surface area contributed by atoms with Gasteiger partial charge in [0.25, 0.3) is 0 Å². The molecule has 0 saturated carbocycles. The maximum Gasteiger partial charge on any atom is 0.154 e. The normalized spacial score (nSPS) is 9.80. The topological polar surface area (TPSA) is 46.2 Å². The van der Waals surface area contributed by atoms with Gasteiger partial charge in [-0.2, -0.15) is 0 Å². The van der Waals surface area contributed by atoms with Gasteiger partial charge in [0.2, 0.25) is 0 Å². The molecule has 10 heavy (non-hydrogen) atoms. The van der Waals surface area contributed by atoms with Gasteiger partial charge in [0.1, 0.15) is 0 Å². The molecule has 0 fully saturated rings. The van der Waals surface area contributed by atoms with Gasteiger partial charge in [-0.15, -0.1) is 0 Å². The van der Waals surface area contributed by atoms with Crippen molar-refractivity contribution >= 4 is 33.2 Å². The molecule has 0 amide bonds. The van der Waals surface area contributed by atoms with E-state index in [1.807, 2.05) is 0 Å². The fourth-order valence-electron chi connectivity index (χ4n) is 0.557. The molecule has 0 aromatic heterocycles. The first kappa shape index (κ1) is 7.69. The molecule has 3 N–H and O–H groups in total. The van der Waals surface area contributed by atoms with Gasteiger partial charge in [-0.3, -0.25) is 0 Å². The molecule has 0 aliphatic rings. The average Bonchev–Trinajstić information content (AvgIpc) is 1.93. The van der Waals surface area contributed by atoms with Crippen LogP contribution in [-0.4, -0.2) is 5.11 Å². The van der Waals surface area contributed by atoms with Crippen molar-refractivity contribution in [1.29, 1.82) is 0 Å². The zero-order valence-electron chi connectivity index (χ0n) is 4.94. The second-order valence-electron chi connectivity index (χ2n) is 1.79. The van der Waals surface area contributed by atoms with Gasteiger partial charge in [-0.1, -0.05) is 11.6 Å². The first-order valence-electron chi connectivity index (χ1n) is 2.55. The molecule has 0 unspecified atom stereocenters. The summed E-state index contributed by atoms with van der Waals surface area (Å²) in [5.41, 5.74) is 5.58. The van der Waals surface area contributed by atoms with Gasteiger partial charge in [0.15, 0.2) is 5.75 Å². The number of phenolic OH excluding ortho intramolecular Hbond substituents is 1. The Bertz CT molecular complexity index is 237. The lowest BCUT2D eigenvalue weighted by atomic mass is 10.3. The van der Waals surface area contributed by atoms with Crippen LogP contribution in [0.4, 0.5) is 5.69 Å². The predicted molar refractivity (Wildman–Crippen MR) is 45.2 cm³/mol. The SMILES string of the molecule is Nc1c(Cl)ccc(Br)c1O. The molecule has 0 atom stereocenters. The minimum Gasteiger partial charge on any atom is -0.505 e. The molecule has 0 spiro atoms. The number of nitrogen functional groups attached to an aromatic ring is 1. The van der Waals surface area contributed by atoms with E-state index in [0.29, 0.717) is 9.50 Å². The minimum atomic E-state index is -0.00694. The fraction of sp³-hybridized carbons (Fsp3) is 0. The number of nitrogens with two attached hydrogens (primary N) is 1. The summed E-state index contributed by atoms with van der Waals surface area (Å²) in [6, 6.07) is 3.24. The van der Waals surface area contributed by atoms with Gasteiger partial charge >= 0.3 is 0 Å². The summed E-state index contributed by atoms with van der Waals surface area (Å²) < 4.78 is 0.550. The predicted octanol–water partition coefficient (Wildman–Crippen LogP) is 2.39. The molecule has 0 radical (unpaired) electrons. The number of aromatic hydroxyl groups is 1. The van der Waals surface area contributed by atoms with Crippen molar-refractivity contribution in [3.63, 3.8) is 0 Å². The molecule has 1 aromatic carbocycles. The molecule has 4 heteroatoms. The van der Waals surface area contributed by atoms with E-state index in [2.05, 4.69) is 15.9 Å². The molecule has 0 saturated heterocycles. The standard InChI is InChI=1S/C6H5BrClNO/c7-3-1-2-4(8)5(9)6(3)10/h1-2,10H,9H2. The molecule has 0 aliphatic heterocycles. The van der Waals surface area contributed by atoms with Gasteiger partial charge < -0.3 is 10.8 Å². The Morgan fingerprint density at radius 1 is 1.50 bits per heavy atom. The summed E-state index contributed by atoms with van der Waals surface area (Å²) in [7, 11) is 0. The second-order valence-corrected chi connectivity index (χ2v) is 3.05. The maximum atomic E-state index is 9.13. The van der Waals surface area contributed by atoms with E-state index in [9.17, 15) is 0 Å². The van der Waals surface area contributed by atoms with Crippen LogP contribution in [0.1, 0.15) is 0 Å². The molecular weight excluding hydrogens is 217 g/mol. The minimum absolute atomic E-state index is 0.00694. The highest BCUT2D eigenvalue weighted by atomic mass is 79.9. The van der Waals surface area contributed by atoms with Crippen molar-refractivity contribution in [2.45, 2.75) is 0 Å². The monoisotopic (exact) mass is 221 g/mol. The lowest BCUT2D eigenvalue weighted by Gasteiger charge is -2.01. The largest absolute Gasteiger partial charge is 0.505 e. The van der Waals surface area contributed by atoms with E-state index in [1.54, 1.807) is 12.1 Å². The van der Waals surface area contributed by atoms with Crippen LogP contribution in [0.15, 0.2) is 16.6 Å². The highest BCUT2D eigenvalue weighted by molar-refractivity contribution is 9.10. The average molecular weight is 222 g/mol. The van der Waals surface area contributed by atoms with Crippen LogP contribution in [0.2, 0.25) is 5.02 Å². The third kappa shape index (κ3) is 1.20. The van der Waals surface area contributed by atoms with Gasteiger partial charge in [-0.05, 0) is 28.1 Å². The van der Waals surface area contributed by atoms with Gasteiger partial charge in [0.05, 0.1) is 15.2 Å². The summed E-state index contributed by atoms with van der Waals surface area (Å²) in [4.78, 5) is 0. The zero-order chi connectivity index (χ0) is 7.72. The maximum absolute atomic E-state index is 9.13. The summed E-state index contributed by atoms with van der Waals surface area (Å²) in [5, 5.41) is 9.49. The van der Waals surface area contributed by atoms with Crippen molar-refractivity contribution in [3.05, 3.63) is 21.6 Å². The van der Waals surface area contributed by atoms with Crippen molar-refractivity contribution in [3.8, 4) is 5.75 Å². The zero-order valence-corrected chi connectivity index (χ0v) is 7.28. The van der Waals surface area contributed by atoms with E-state index in [0.717, 1.165) is 0 Å². The Morgan fingerprint density at radius 2 is 2.10 bits per heavy atom. The van der Waals surface area contributed by atoms with Gasteiger partial charge in [0, 0.05) is 0 Å². The number of hydrogen-bond donors (Lipinski definition) is 2. The van der Waals surface area contributed by atoms with Crippen molar-refractivity contribution < 1.29 is 5.11 Å². The third-order valence-corrected chi connectivity index (χ3v) is 2.08. The highest BCUT2D eigenvalue weighted by Crippen LogP contribution is 2.34. The second kappa shape index (κ2) is 2.68. The van der Waals surface area contributed by atoms with E-state index in [-0.39, 0.29) is 11.4 Å². The Labute approximate surface area is 71.7 Å². The number of halogens is 2. The third-order valence-electron chi connectivity index (χ3n) is 1.11. The number of benzene rings is 1. The first-order valence-corrected chi connectivity index (χ1v) is 3.72. The molecule has 0 bridgehead atoms. The van der Waals surface area contributed by atoms with Crippen LogP contribution >= 0.6 is 27.5 Å². The Morgan fingerprint density at radius 3 is 2.60 bits per heavy atom. The quantitative estimate of drug-likeness (QED) is 0.523. The lowest BCUT2D eigenvalue weighted by molar-refractivity contribution is 0.474. The van der Waals surface area contributed by atoms with E-state index < -0.39 is 0 Å². The molecule has 1 aromatic rings. The fourth-order valence-corrected chi connectivity index (χ4v) is 1.06. The van der Waals surface area contributed by atoms with E-state index in [1.165, 1.54) is 0 Å².